The molecule has 4 heteroatoms. The number of hydrogen-bond donors (Lipinski definition) is 1. The molecule has 0 aliphatic carbocycles. The minimum atomic E-state index is 0.366. The molecule has 1 atom stereocenters. The lowest BCUT2D eigenvalue weighted by Crippen LogP contribution is -2.23. The molecule has 0 saturated carbocycles. The van der Waals surface area contributed by atoms with Crippen LogP contribution in [0.25, 0.3) is 0 Å². The fraction of sp³-hybridized carbons (Fsp3) is 0.786. The van der Waals surface area contributed by atoms with Gasteiger partial charge in [0.25, 0.3) is 0 Å². The molecule has 2 heterocycles. The second-order valence-electron chi connectivity index (χ2n) is 6.07. The van der Waals surface area contributed by atoms with Crippen LogP contribution in [0.2, 0.25) is 0 Å². The molecule has 0 bridgehead atoms. The van der Waals surface area contributed by atoms with Gasteiger partial charge in [-0.3, -0.25) is 0 Å². The first-order valence-corrected chi connectivity index (χ1v) is 7.83. The summed E-state index contributed by atoms with van der Waals surface area (Å²) in [4.78, 5) is 7.22. The second kappa shape index (κ2) is 5.57. The summed E-state index contributed by atoms with van der Waals surface area (Å²) in [5.41, 5.74) is 1.63. The maximum absolute atomic E-state index is 4.79. The van der Waals surface area contributed by atoms with Gasteiger partial charge in [0.2, 0.25) is 0 Å². The Bertz CT molecular complexity index is 386. The van der Waals surface area contributed by atoms with Crippen LogP contribution < -0.4 is 10.2 Å². The van der Waals surface area contributed by atoms with E-state index in [-0.39, 0.29) is 0 Å². The Labute approximate surface area is 115 Å². The fourth-order valence-corrected chi connectivity index (χ4v) is 3.31. The standard InChI is InChI=1S/C14H25N3S/c1-5-7-15-11(2)12-9-18-13(16-12)17-8-6-14(3,4)10-17/h9,11,15H,5-8,10H2,1-4H3. The van der Waals surface area contributed by atoms with Gasteiger partial charge >= 0.3 is 0 Å². The molecular weight excluding hydrogens is 242 g/mol. The van der Waals surface area contributed by atoms with Gasteiger partial charge in [0.05, 0.1) is 5.69 Å². The van der Waals surface area contributed by atoms with E-state index in [0.717, 1.165) is 19.6 Å². The van der Waals surface area contributed by atoms with Crippen LogP contribution in [-0.4, -0.2) is 24.6 Å². The van der Waals surface area contributed by atoms with Gasteiger partial charge in [0, 0.05) is 24.5 Å². The van der Waals surface area contributed by atoms with E-state index in [4.69, 9.17) is 4.98 Å². The summed E-state index contributed by atoms with van der Waals surface area (Å²) in [6, 6.07) is 0.366. The number of hydrogen-bond acceptors (Lipinski definition) is 4. The topological polar surface area (TPSA) is 28.2 Å². The van der Waals surface area contributed by atoms with Crippen molar-refractivity contribution < 1.29 is 0 Å². The fourth-order valence-electron chi connectivity index (χ4n) is 2.36. The molecule has 1 unspecified atom stereocenters. The van der Waals surface area contributed by atoms with Gasteiger partial charge in [-0.1, -0.05) is 20.8 Å². The van der Waals surface area contributed by atoms with Crippen LogP contribution in [-0.2, 0) is 0 Å². The normalized spacial score (nSPS) is 20.3. The van der Waals surface area contributed by atoms with Gasteiger partial charge in [-0.05, 0) is 31.7 Å². The van der Waals surface area contributed by atoms with Crippen molar-refractivity contribution in [3.8, 4) is 0 Å². The largest absolute Gasteiger partial charge is 0.348 e. The van der Waals surface area contributed by atoms with Gasteiger partial charge in [0.15, 0.2) is 5.13 Å². The first-order valence-electron chi connectivity index (χ1n) is 6.95. The third-order valence-corrected chi connectivity index (χ3v) is 4.52. The Morgan fingerprint density at radius 2 is 2.33 bits per heavy atom. The van der Waals surface area contributed by atoms with E-state index >= 15 is 0 Å². The zero-order valence-electron chi connectivity index (χ0n) is 12.0. The quantitative estimate of drug-likeness (QED) is 0.886. The Kier molecular flexibility index (Phi) is 4.28. The van der Waals surface area contributed by atoms with Gasteiger partial charge < -0.3 is 10.2 Å². The number of thiazole rings is 1. The minimum absolute atomic E-state index is 0.366. The molecular formula is C14H25N3S. The average molecular weight is 267 g/mol. The monoisotopic (exact) mass is 267 g/mol. The van der Waals surface area contributed by atoms with Crippen LogP contribution in [0.5, 0.6) is 0 Å². The molecule has 1 aliphatic rings. The predicted molar refractivity (Wildman–Crippen MR) is 79.4 cm³/mol. The van der Waals surface area contributed by atoms with Gasteiger partial charge in [-0.2, -0.15) is 0 Å². The Morgan fingerprint density at radius 1 is 1.56 bits per heavy atom. The third-order valence-electron chi connectivity index (χ3n) is 3.60. The van der Waals surface area contributed by atoms with E-state index < -0.39 is 0 Å². The summed E-state index contributed by atoms with van der Waals surface area (Å²) in [5, 5.41) is 6.89. The first-order chi connectivity index (χ1) is 8.52. The molecule has 2 rings (SSSR count). The van der Waals surface area contributed by atoms with Crippen molar-refractivity contribution >= 4 is 16.5 Å². The van der Waals surface area contributed by atoms with Crippen molar-refractivity contribution in [3.05, 3.63) is 11.1 Å². The molecule has 0 radical (unpaired) electrons. The second-order valence-corrected chi connectivity index (χ2v) is 6.90. The SMILES string of the molecule is CCCNC(C)c1csc(N2CCC(C)(C)C2)n1. The summed E-state index contributed by atoms with van der Waals surface area (Å²) in [6.45, 7) is 12.4. The highest BCUT2D eigenvalue weighted by molar-refractivity contribution is 7.13. The molecule has 0 amide bonds. The van der Waals surface area contributed by atoms with Crippen LogP contribution in [0.1, 0.15) is 52.3 Å². The third kappa shape index (κ3) is 3.23. The van der Waals surface area contributed by atoms with Crippen molar-refractivity contribution in [1.29, 1.82) is 0 Å². The van der Waals surface area contributed by atoms with E-state index in [0.29, 0.717) is 11.5 Å². The van der Waals surface area contributed by atoms with E-state index in [2.05, 4.69) is 43.3 Å². The highest BCUT2D eigenvalue weighted by atomic mass is 32.1. The van der Waals surface area contributed by atoms with Crippen LogP contribution in [0.15, 0.2) is 5.38 Å². The van der Waals surface area contributed by atoms with E-state index in [1.165, 1.54) is 23.7 Å². The summed E-state index contributed by atoms with van der Waals surface area (Å²) in [6.07, 6.45) is 2.44. The van der Waals surface area contributed by atoms with Gasteiger partial charge in [0.1, 0.15) is 0 Å². The van der Waals surface area contributed by atoms with Crippen LogP contribution in [0.4, 0.5) is 5.13 Å². The molecule has 0 spiro atoms. The molecule has 18 heavy (non-hydrogen) atoms. The highest BCUT2D eigenvalue weighted by Crippen LogP contribution is 2.34. The molecule has 1 aromatic heterocycles. The van der Waals surface area contributed by atoms with Crippen LogP contribution in [0.3, 0.4) is 0 Å². The number of rotatable bonds is 5. The molecule has 1 aliphatic heterocycles. The molecule has 1 aromatic rings. The average Bonchev–Trinajstić information content (AvgIpc) is 2.92. The Hall–Kier alpha value is -0.610. The maximum atomic E-state index is 4.79. The zero-order valence-corrected chi connectivity index (χ0v) is 12.8. The lowest BCUT2D eigenvalue weighted by Gasteiger charge is -2.19. The summed E-state index contributed by atoms with van der Waals surface area (Å²) < 4.78 is 0. The number of anilines is 1. The van der Waals surface area contributed by atoms with E-state index in [1.807, 2.05) is 0 Å². The Balaban J connectivity index is 1.98. The van der Waals surface area contributed by atoms with Crippen LogP contribution in [0, 0.1) is 5.41 Å². The minimum Gasteiger partial charge on any atom is -0.348 e. The summed E-state index contributed by atoms with van der Waals surface area (Å²) in [5.74, 6) is 0. The van der Waals surface area contributed by atoms with E-state index in [1.54, 1.807) is 11.3 Å². The summed E-state index contributed by atoms with van der Waals surface area (Å²) >= 11 is 1.78. The zero-order chi connectivity index (χ0) is 13.2. The lowest BCUT2D eigenvalue weighted by molar-refractivity contribution is 0.418. The molecule has 1 fully saturated rings. The predicted octanol–water partition coefficient (Wildman–Crippen LogP) is 3.44. The number of aromatic nitrogens is 1. The van der Waals surface area contributed by atoms with Crippen LogP contribution >= 0.6 is 11.3 Å². The molecule has 1 saturated heterocycles. The van der Waals surface area contributed by atoms with Gasteiger partial charge in [-0.25, -0.2) is 4.98 Å². The van der Waals surface area contributed by atoms with Crippen molar-refractivity contribution in [3.63, 3.8) is 0 Å². The molecule has 0 aromatic carbocycles. The van der Waals surface area contributed by atoms with Crippen molar-refractivity contribution in [1.82, 2.24) is 10.3 Å². The first kappa shape index (κ1) is 13.8. The van der Waals surface area contributed by atoms with Crippen molar-refractivity contribution in [2.75, 3.05) is 24.5 Å². The smallest absolute Gasteiger partial charge is 0.185 e. The number of nitrogens with one attached hydrogen (secondary N) is 1. The molecule has 3 nitrogen and oxygen atoms in total. The maximum Gasteiger partial charge on any atom is 0.185 e. The van der Waals surface area contributed by atoms with Crippen molar-refractivity contribution in [2.45, 2.75) is 46.6 Å². The Morgan fingerprint density at radius 3 is 2.94 bits per heavy atom. The lowest BCUT2D eigenvalue weighted by atomic mass is 9.93. The van der Waals surface area contributed by atoms with Crippen molar-refractivity contribution in [2.24, 2.45) is 5.41 Å². The number of nitrogens with zero attached hydrogens (tertiary/aromatic N) is 2. The summed E-state index contributed by atoms with van der Waals surface area (Å²) in [7, 11) is 0. The highest BCUT2D eigenvalue weighted by Gasteiger charge is 2.30. The van der Waals surface area contributed by atoms with E-state index in [9.17, 15) is 0 Å². The van der Waals surface area contributed by atoms with Gasteiger partial charge in [-0.15, -0.1) is 11.3 Å². The molecule has 102 valence electrons. The molecule has 1 N–H and O–H groups in total.